The summed E-state index contributed by atoms with van der Waals surface area (Å²) in [6.07, 6.45) is 0. The molecule has 0 heterocycles. The topological polar surface area (TPSA) is 72.3 Å². The lowest BCUT2D eigenvalue weighted by atomic mass is 10.1. The average Bonchev–Trinajstić information content (AvgIpc) is 2.12. The van der Waals surface area contributed by atoms with Gasteiger partial charge in [0.05, 0.1) is 5.02 Å². The van der Waals surface area contributed by atoms with Gasteiger partial charge >= 0.3 is 0 Å². The minimum absolute atomic E-state index is 0.00556. The predicted octanol–water partition coefficient (Wildman–Crippen LogP) is 1.77. The Morgan fingerprint density at radius 3 is 2.69 bits per heavy atom. The maximum atomic E-state index is 9.58. The van der Waals surface area contributed by atoms with Crippen molar-refractivity contribution < 1.29 is 5.11 Å². The van der Waals surface area contributed by atoms with Crippen molar-refractivity contribution in [3.8, 4) is 5.75 Å². The lowest BCUT2D eigenvalue weighted by Crippen LogP contribution is -2.21. The Morgan fingerprint density at radius 2 is 2.15 bits per heavy atom. The van der Waals surface area contributed by atoms with Crippen molar-refractivity contribution in [3.05, 3.63) is 27.2 Å². The van der Waals surface area contributed by atoms with E-state index in [1.165, 1.54) is 0 Å². The first-order valence-electron chi connectivity index (χ1n) is 3.70. The molecule has 0 saturated heterocycles. The molecule has 0 saturated carbocycles. The van der Waals surface area contributed by atoms with E-state index in [0.29, 0.717) is 10.0 Å². The fraction of sp³-hybridized carbons (Fsp3) is 0.250. The van der Waals surface area contributed by atoms with Gasteiger partial charge in [0.2, 0.25) is 0 Å². The summed E-state index contributed by atoms with van der Waals surface area (Å²) in [6.45, 7) is 0.256. The van der Waals surface area contributed by atoms with Gasteiger partial charge in [0.15, 0.2) is 0 Å². The van der Waals surface area contributed by atoms with E-state index in [9.17, 15) is 5.11 Å². The summed E-state index contributed by atoms with van der Waals surface area (Å²) in [5, 5.41) is 9.86. The zero-order valence-corrected chi connectivity index (χ0v) is 9.14. The van der Waals surface area contributed by atoms with Crippen LogP contribution in [0, 0.1) is 0 Å². The molecule has 0 aliphatic heterocycles. The third-order valence-electron chi connectivity index (χ3n) is 1.74. The van der Waals surface area contributed by atoms with Crippen molar-refractivity contribution in [1.82, 2.24) is 0 Å². The van der Waals surface area contributed by atoms with E-state index in [1.54, 1.807) is 12.1 Å². The van der Waals surface area contributed by atoms with E-state index in [2.05, 4.69) is 15.9 Å². The Hall–Kier alpha value is -0.290. The third kappa shape index (κ3) is 2.14. The predicted molar refractivity (Wildman–Crippen MR) is 56.8 cm³/mol. The minimum Gasteiger partial charge on any atom is -0.506 e. The molecule has 0 amide bonds. The molecule has 13 heavy (non-hydrogen) atoms. The van der Waals surface area contributed by atoms with E-state index in [4.69, 9.17) is 23.1 Å². The highest BCUT2D eigenvalue weighted by Crippen LogP contribution is 2.35. The van der Waals surface area contributed by atoms with Gasteiger partial charge in [-0.25, -0.2) is 0 Å². The zero-order chi connectivity index (χ0) is 10.0. The minimum atomic E-state index is -0.409. The second-order valence-electron chi connectivity index (χ2n) is 2.63. The van der Waals surface area contributed by atoms with Crippen LogP contribution in [0.3, 0.4) is 0 Å². The first-order chi connectivity index (χ1) is 6.07. The number of aromatic hydroxyl groups is 1. The number of benzene rings is 1. The molecule has 1 aromatic rings. The van der Waals surface area contributed by atoms with E-state index >= 15 is 0 Å². The maximum Gasteiger partial charge on any atom is 0.140 e. The van der Waals surface area contributed by atoms with Crippen LogP contribution in [0.2, 0.25) is 5.02 Å². The molecule has 5 N–H and O–H groups in total. The molecule has 0 spiro atoms. The Kier molecular flexibility index (Phi) is 3.55. The summed E-state index contributed by atoms with van der Waals surface area (Å²) < 4.78 is 0.715. The van der Waals surface area contributed by atoms with Gasteiger partial charge in [-0.15, -0.1) is 0 Å². The van der Waals surface area contributed by atoms with Gasteiger partial charge < -0.3 is 16.6 Å². The van der Waals surface area contributed by atoms with Gasteiger partial charge in [0.25, 0.3) is 0 Å². The SMILES string of the molecule is NC[C@@H](N)c1c(Br)ccc(Cl)c1O. The fourth-order valence-corrected chi connectivity index (χ4v) is 1.81. The number of nitrogens with two attached hydrogens (primary N) is 2. The molecule has 3 nitrogen and oxygen atoms in total. The summed E-state index contributed by atoms with van der Waals surface area (Å²) in [5.41, 5.74) is 11.6. The third-order valence-corrected chi connectivity index (χ3v) is 2.74. The summed E-state index contributed by atoms with van der Waals surface area (Å²) >= 11 is 8.99. The number of hydrogen-bond donors (Lipinski definition) is 3. The fourth-order valence-electron chi connectivity index (χ4n) is 1.03. The average molecular weight is 266 g/mol. The lowest BCUT2D eigenvalue weighted by Gasteiger charge is -2.14. The molecular weight excluding hydrogens is 255 g/mol. The summed E-state index contributed by atoms with van der Waals surface area (Å²) in [6, 6.07) is 2.91. The van der Waals surface area contributed by atoms with Gasteiger partial charge in [0, 0.05) is 22.6 Å². The molecule has 0 fully saturated rings. The van der Waals surface area contributed by atoms with Crippen LogP contribution in [0.5, 0.6) is 5.75 Å². The van der Waals surface area contributed by atoms with Crippen LogP contribution in [0.25, 0.3) is 0 Å². The Balaban J connectivity index is 3.25. The highest BCUT2D eigenvalue weighted by Gasteiger charge is 2.15. The maximum absolute atomic E-state index is 9.58. The largest absolute Gasteiger partial charge is 0.506 e. The standard InChI is InChI=1S/C8H10BrClN2O/c9-4-1-2-5(10)8(13)7(4)6(12)3-11/h1-2,6,13H,3,11-12H2/t6-/m1/s1. The number of phenols is 1. The number of halogens is 2. The highest BCUT2D eigenvalue weighted by atomic mass is 79.9. The quantitative estimate of drug-likeness (QED) is 0.763. The molecule has 1 rings (SSSR count). The molecule has 0 aromatic heterocycles. The van der Waals surface area contributed by atoms with Crippen LogP contribution in [-0.4, -0.2) is 11.7 Å². The van der Waals surface area contributed by atoms with Crippen molar-refractivity contribution in [3.63, 3.8) is 0 Å². The van der Waals surface area contributed by atoms with E-state index in [1.807, 2.05) is 0 Å². The van der Waals surface area contributed by atoms with Crippen LogP contribution >= 0.6 is 27.5 Å². The van der Waals surface area contributed by atoms with Crippen molar-refractivity contribution in [2.75, 3.05) is 6.54 Å². The zero-order valence-electron chi connectivity index (χ0n) is 6.80. The molecule has 0 unspecified atom stereocenters. The van der Waals surface area contributed by atoms with Crippen molar-refractivity contribution in [2.45, 2.75) is 6.04 Å². The van der Waals surface area contributed by atoms with Crippen molar-refractivity contribution >= 4 is 27.5 Å². The second kappa shape index (κ2) is 4.28. The molecular formula is C8H10BrClN2O. The number of rotatable bonds is 2. The normalized spacial score (nSPS) is 12.9. The molecule has 72 valence electrons. The van der Waals surface area contributed by atoms with Crippen LogP contribution in [0.1, 0.15) is 11.6 Å². The molecule has 1 aromatic carbocycles. The second-order valence-corrected chi connectivity index (χ2v) is 3.90. The Morgan fingerprint density at radius 1 is 1.54 bits per heavy atom. The monoisotopic (exact) mass is 264 g/mol. The van der Waals surface area contributed by atoms with Gasteiger partial charge in [-0.05, 0) is 12.1 Å². The molecule has 0 aliphatic rings. The van der Waals surface area contributed by atoms with Crippen LogP contribution in [0.4, 0.5) is 0 Å². The van der Waals surface area contributed by atoms with E-state index in [-0.39, 0.29) is 17.3 Å². The van der Waals surface area contributed by atoms with Gasteiger partial charge in [-0.3, -0.25) is 0 Å². The van der Waals surface area contributed by atoms with E-state index < -0.39 is 6.04 Å². The Bertz CT molecular complexity index is 319. The highest BCUT2D eigenvalue weighted by molar-refractivity contribution is 9.10. The molecule has 5 heteroatoms. The van der Waals surface area contributed by atoms with Crippen LogP contribution < -0.4 is 11.5 Å². The molecule has 1 atom stereocenters. The number of hydrogen-bond acceptors (Lipinski definition) is 3. The molecule has 0 aliphatic carbocycles. The van der Waals surface area contributed by atoms with Crippen LogP contribution in [-0.2, 0) is 0 Å². The summed E-state index contributed by atoms with van der Waals surface area (Å²) in [5.74, 6) is -0.00556. The Labute approximate surface area is 89.8 Å². The van der Waals surface area contributed by atoms with Gasteiger partial charge in [-0.2, -0.15) is 0 Å². The van der Waals surface area contributed by atoms with Gasteiger partial charge in [-0.1, -0.05) is 27.5 Å². The van der Waals surface area contributed by atoms with Crippen LogP contribution in [0.15, 0.2) is 16.6 Å². The number of phenolic OH excluding ortho intramolecular Hbond substituents is 1. The smallest absolute Gasteiger partial charge is 0.140 e. The first-order valence-corrected chi connectivity index (χ1v) is 4.87. The van der Waals surface area contributed by atoms with E-state index in [0.717, 1.165) is 0 Å². The summed E-state index contributed by atoms with van der Waals surface area (Å²) in [4.78, 5) is 0. The summed E-state index contributed by atoms with van der Waals surface area (Å²) in [7, 11) is 0. The first kappa shape index (κ1) is 10.8. The van der Waals surface area contributed by atoms with Gasteiger partial charge in [0.1, 0.15) is 5.75 Å². The van der Waals surface area contributed by atoms with Crippen molar-refractivity contribution in [2.24, 2.45) is 11.5 Å². The lowest BCUT2D eigenvalue weighted by molar-refractivity contribution is 0.461. The molecule has 0 radical (unpaired) electrons. The van der Waals surface area contributed by atoms with Crippen molar-refractivity contribution in [1.29, 1.82) is 0 Å². The molecule has 0 bridgehead atoms.